The first-order valence-electron chi connectivity index (χ1n) is 8.37. The van der Waals surface area contributed by atoms with Crippen LogP contribution in [0.2, 0.25) is 0 Å². The van der Waals surface area contributed by atoms with Crippen molar-refractivity contribution in [2.45, 2.75) is 13.5 Å². The molecule has 0 bridgehead atoms. The predicted octanol–water partition coefficient (Wildman–Crippen LogP) is 2.38. The highest BCUT2D eigenvalue weighted by Gasteiger charge is 2.18. The molecule has 3 aromatic rings. The number of carbonyl (C=O) groups is 2. The van der Waals surface area contributed by atoms with E-state index in [2.05, 4.69) is 38.2 Å². The summed E-state index contributed by atoms with van der Waals surface area (Å²) in [7, 11) is 1.78. The fraction of sp³-hybridized carbons (Fsp3) is 0.278. The highest BCUT2D eigenvalue weighted by molar-refractivity contribution is 9.10. The van der Waals surface area contributed by atoms with E-state index >= 15 is 0 Å². The molecule has 8 nitrogen and oxygen atoms in total. The molecule has 0 aliphatic heterocycles. The zero-order valence-corrected chi connectivity index (χ0v) is 16.7. The number of aromatic nitrogens is 3. The second-order valence-electron chi connectivity index (χ2n) is 6.04. The van der Waals surface area contributed by atoms with Crippen molar-refractivity contribution >= 4 is 38.8 Å². The van der Waals surface area contributed by atoms with Crippen LogP contribution in [0.25, 0.3) is 11.1 Å². The molecule has 0 spiro atoms. The van der Waals surface area contributed by atoms with Gasteiger partial charge in [-0.05, 0) is 28.9 Å². The number of amides is 2. The van der Waals surface area contributed by atoms with Gasteiger partial charge in [0.15, 0.2) is 10.3 Å². The second-order valence-corrected chi connectivity index (χ2v) is 6.82. The van der Waals surface area contributed by atoms with Gasteiger partial charge in [0.05, 0.1) is 5.52 Å². The Morgan fingerprint density at radius 3 is 2.59 bits per heavy atom. The van der Waals surface area contributed by atoms with E-state index in [0.717, 1.165) is 11.2 Å². The number of halogens is 1. The number of furan rings is 1. The number of rotatable bonds is 7. The number of hydrogen-bond donors (Lipinski definition) is 2. The topological polar surface area (TPSA) is 94.1 Å². The maximum atomic E-state index is 12.5. The van der Waals surface area contributed by atoms with Gasteiger partial charge in [-0.3, -0.25) is 14.3 Å². The molecule has 0 fully saturated rings. The van der Waals surface area contributed by atoms with Gasteiger partial charge in [0, 0.05) is 44.5 Å². The van der Waals surface area contributed by atoms with Gasteiger partial charge in [-0.2, -0.15) is 5.10 Å². The lowest BCUT2D eigenvalue weighted by molar-refractivity contribution is 0.0920. The zero-order valence-electron chi connectivity index (χ0n) is 15.1. The Balaban J connectivity index is 1.58. The molecule has 0 unspecified atom stereocenters. The van der Waals surface area contributed by atoms with E-state index in [-0.39, 0.29) is 11.8 Å². The van der Waals surface area contributed by atoms with Crippen LogP contribution in [0.5, 0.6) is 0 Å². The average Bonchev–Trinajstić information content (AvgIpc) is 3.25. The molecule has 0 saturated heterocycles. The number of fused-ring (bicyclic) bond motifs is 1. The zero-order chi connectivity index (χ0) is 19.6. The highest BCUT2D eigenvalue weighted by atomic mass is 79.9. The molecule has 0 aliphatic carbocycles. The summed E-state index contributed by atoms with van der Waals surface area (Å²) in [5, 5.41) is 9.66. The van der Waals surface area contributed by atoms with Crippen molar-refractivity contribution in [1.82, 2.24) is 25.0 Å². The first-order chi connectivity index (χ1) is 12.9. The quantitative estimate of drug-likeness (QED) is 0.441. The van der Waals surface area contributed by atoms with Gasteiger partial charge in [-0.1, -0.05) is 6.08 Å². The standard InChI is InChI=1S/C18H20BrN5O3/c1-4-7-24-13-10-16(19)27-15(13)9-14(24)18(26)21-6-5-20-17(25)12-8-11(2)23(3)22-12/h4,8-10H,1,5-7H2,2-3H3,(H,20,25)(H,21,26). The van der Waals surface area contributed by atoms with E-state index in [1.54, 1.807) is 29.9 Å². The Kier molecular flexibility index (Phi) is 5.50. The predicted molar refractivity (Wildman–Crippen MR) is 105 cm³/mol. The van der Waals surface area contributed by atoms with Crippen LogP contribution >= 0.6 is 15.9 Å². The third-order valence-corrected chi connectivity index (χ3v) is 4.54. The third-order valence-electron chi connectivity index (χ3n) is 4.15. The van der Waals surface area contributed by atoms with Crippen LogP contribution < -0.4 is 10.6 Å². The molecule has 0 radical (unpaired) electrons. The highest BCUT2D eigenvalue weighted by Crippen LogP contribution is 2.27. The van der Waals surface area contributed by atoms with Crippen molar-refractivity contribution in [2.75, 3.05) is 13.1 Å². The van der Waals surface area contributed by atoms with Gasteiger partial charge >= 0.3 is 0 Å². The summed E-state index contributed by atoms with van der Waals surface area (Å²) >= 11 is 3.29. The van der Waals surface area contributed by atoms with E-state index < -0.39 is 0 Å². The molecule has 3 rings (SSSR count). The molecule has 142 valence electrons. The van der Waals surface area contributed by atoms with Crippen LogP contribution in [-0.4, -0.2) is 39.3 Å². The minimum Gasteiger partial charge on any atom is -0.448 e. The molecule has 0 aliphatic rings. The van der Waals surface area contributed by atoms with Crippen LogP contribution in [0.1, 0.15) is 26.7 Å². The normalized spacial score (nSPS) is 10.9. The van der Waals surface area contributed by atoms with Gasteiger partial charge < -0.3 is 19.6 Å². The molecule has 0 atom stereocenters. The van der Waals surface area contributed by atoms with Gasteiger partial charge in [-0.15, -0.1) is 6.58 Å². The summed E-state index contributed by atoms with van der Waals surface area (Å²) in [6, 6.07) is 5.21. The number of allylic oxidation sites excluding steroid dienone is 1. The summed E-state index contributed by atoms with van der Waals surface area (Å²) in [4.78, 5) is 24.6. The van der Waals surface area contributed by atoms with Crippen LogP contribution in [0.3, 0.4) is 0 Å². The van der Waals surface area contributed by atoms with Gasteiger partial charge in [0.25, 0.3) is 11.8 Å². The van der Waals surface area contributed by atoms with Gasteiger partial charge in [0.2, 0.25) is 0 Å². The summed E-state index contributed by atoms with van der Waals surface area (Å²) < 4.78 is 9.58. The SMILES string of the molecule is C=CCn1c(C(=O)NCCNC(=O)c2cc(C)n(C)n2)cc2oc(Br)cc21. The van der Waals surface area contributed by atoms with Crippen molar-refractivity contribution in [3.8, 4) is 0 Å². The minimum atomic E-state index is -0.273. The van der Waals surface area contributed by atoms with Crippen LogP contribution in [0.4, 0.5) is 0 Å². The minimum absolute atomic E-state index is 0.248. The largest absolute Gasteiger partial charge is 0.448 e. The van der Waals surface area contributed by atoms with Crippen molar-refractivity contribution in [3.63, 3.8) is 0 Å². The third kappa shape index (κ3) is 3.97. The molecule has 3 heterocycles. The number of nitrogens with one attached hydrogen (secondary N) is 2. The van der Waals surface area contributed by atoms with E-state index in [0.29, 0.717) is 41.3 Å². The molecule has 3 aromatic heterocycles. The van der Waals surface area contributed by atoms with Crippen LogP contribution in [0, 0.1) is 6.92 Å². The Bertz CT molecular complexity index is 994. The summed E-state index contributed by atoms with van der Waals surface area (Å²) in [5.41, 5.74) is 3.15. The van der Waals surface area contributed by atoms with Gasteiger partial charge in [-0.25, -0.2) is 0 Å². The van der Waals surface area contributed by atoms with E-state index in [1.807, 2.05) is 17.6 Å². The van der Waals surface area contributed by atoms with Crippen molar-refractivity contribution in [3.05, 3.63) is 52.6 Å². The van der Waals surface area contributed by atoms with Crippen molar-refractivity contribution < 1.29 is 14.0 Å². The van der Waals surface area contributed by atoms with E-state index in [9.17, 15) is 9.59 Å². The van der Waals surface area contributed by atoms with Crippen LogP contribution in [0.15, 0.2) is 39.9 Å². The van der Waals surface area contributed by atoms with Crippen LogP contribution in [-0.2, 0) is 13.6 Å². The van der Waals surface area contributed by atoms with E-state index in [1.165, 1.54) is 0 Å². The molecule has 0 aromatic carbocycles. The average molecular weight is 434 g/mol. The molecule has 2 amide bonds. The molecule has 9 heteroatoms. The fourth-order valence-electron chi connectivity index (χ4n) is 2.73. The number of aryl methyl sites for hydroxylation is 2. The summed E-state index contributed by atoms with van der Waals surface area (Å²) in [5.74, 6) is -0.521. The molecule has 0 saturated carbocycles. The first-order valence-corrected chi connectivity index (χ1v) is 9.16. The lowest BCUT2D eigenvalue weighted by Crippen LogP contribution is -2.35. The number of carbonyl (C=O) groups excluding carboxylic acids is 2. The number of hydrogen-bond acceptors (Lipinski definition) is 4. The Morgan fingerprint density at radius 2 is 1.96 bits per heavy atom. The maximum Gasteiger partial charge on any atom is 0.271 e. The first kappa shape index (κ1) is 19.0. The summed E-state index contributed by atoms with van der Waals surface area (Å²) in [6.45, 7) is 6.67. The Labute approximate surface area is 164 Å². The Morgan fingerprint density at radius 1 is 1.26 bits per heavy atom. The monoisotopic (exact) mass is 433 g/mol. The molecular formula is C18H20BrN5O3. The number of nitrogens with zero attached hydrogens (tertiary/aromatic N) is 3. The smallest absolute Gasteiger partial charge is 0.271 e. The fourth-order valence-corrected chi connectivity index (χ4v) is 3.12. The molecule has 27 heavy (non-hydrogen) atoms. The Hall–Kier alpha value is -2.81. The maximum absolute atomic E-state index is 12.5. The summed E-state index contributed by atoms with van der Waals surface area (Å²) in [6.07, 6.45) is 1.71. The lowest BCUT2D eigenvalue weighted by atomic mass is 10.3. The molecular weight excluding hydrogens is 414 g/mol. The lowest BCUT2D eigenvalue weighted by Gasteiger charge is -2.09. The van der Waals surface area contributed by atoms with Gasteiger partial charge in [0.1, 0.15) is 11.4 Å². The van der Waals surface area contributed by atoms with E-state index in [4.69, 9.17) is 4.42 Å². The van der Waals surface area contributed by atoms with Crippen molar-refractivity contribution in [1.29, 1.82) is 0 Å². The second kappa shape index (κ2) is 7.83. The van der Waals surface area contributed by atoms with Crippen molar-refractivity contribution in [2.24, 2.45) is 7.05 Å². The molecule has 2 N–H and O–H groups in total.